The van der Waals surface area contributed by atoms with E-state index in [4.69, 9.17) is 0 Å². The molecule has 3 rings (SSSR count). The average Bonchev–Trinajstić information content (AvgIpc) is 3.26. The molecule has 1 heterocycles. The maximum absolute atomic E-state index is 11.9. The summed E-state index contributed by atoms with van der Waals surface area (Å²) in [5, 5.41) is 14.9. The van der Waals surface area contributed by atoms with Crippen LogP contribution in [0.1, 0.15) is 34.9 Å². The highest BCUT2D eigenvalue weighted by Crippen LogP contribution is 2.41. The molecule has 2 aromatic rings. The first-order valence-corrected chi connectivity index (χ1v) is 10.4. The first kappa shape index (κ1) is 16.8. The first-order chi connectivity index (χ1) is 11.4. The van der Waals surface area contributed by atoms with Crippen LogP contribution in [0.3, 0.4) is 0 Å². The third kappa shape index (κ3) is 5.00. The molecule has 24 heavy (non-hydrogen) atoms. The quantitative estimate of drug-likeness (QED) is 0.817. The Hall–Kier alpha value is -2.00. The smallest absolute Gasteiger partial charge is 0.321 e. The summed E-state index contributed by atoms with van der Waals surface area (Å²) in [6.07, 6.45) is 3.50. The van der Waals surface area contributed by atoms with Gasteiger partial charge >= 0.3 is 6.03 Å². The van der Waals surface area contributed by atoms with Crippen LogP contribution in [0, 0.1) is 0 Å². The average molecular weight is 366 g/mol. The lowest BCUT2D eigenvalue weighted by Gasteiger charge is -2.06. The summed E-state index contributed by atoms with van der Waals surface area (Å²) in [6, 6.07) is 6.77. The lowest BCUT2D eigenvalue weighted by Crippen LogP contribution is -2.28. The minimum absolute atomic E-state index is 0.0154. The second-order valence-electron chi connectivity index (χ2n) is 5.91. The van der Waals surface area contributed by atoms with E-state index in [1.54, 1.807) is 24.3 Å². The Morgan fingerprint density at radius 1 is 1.21 bits per heavy atom. The van der Waals surface area contributed by atoms with Crippen molar-refractivity contribution >= 4 is 32.3 Å². The van der Waals surface area contributed by atoms with E-state index in [2.05, 4.69) is 20.8 Å². The molecular formula is C15H18N4O3S2. The van der Waals surface area contributed by atoms with Crippen molar-refractivity contribution in [3.63, 3.8) is 0 Å². The number of amides is 2. The topological polar surface area (TPSA) is 101 Å². The summed E-state index contributed by atoms with van der Waals surface area (Å²) in [4.78, 5) is 11.9. The van der Waals surface area contributed by atoms with Gasteiger partial charge in [0.2, 0.25) is 5.13 Å². The van der Waals surface area contributed by atoms with Crippen molar-refractivity contribution in [2.75, 3.05) is 11.6 Å². The van der Waals surface area contributed by atoms with Crippen molar-refractivity contribution in [1.29, 1.82) is 0 Å². The van der Waals surface area contributed by atoms with Gasteiger partial charge in [-0.05, 0) is 24.0 Å². The van der Waals surface area contributed by atoms with Crippen molar-refractivity contribution in [2.24, 2.45) is 0 Å². The highest BCUT2D eigenvalue weighted by atomic mass is 32.2. The molecule has 0 radical (unpaired) electrons. The van der Waals surface area contributed by atoms with Gasteiger partial charge in [0, 0.05) is 18.7 Å². The maximum Gasteiger partial charge on any atom is 0.321 e. The zero-order chi connectivity index (χ0) is 17.2. The number of anilines is 1. The van der Waals surface area contributed by atoms with Crippen LogP contribution in [0.4, 0.5) is 9.93 Å². The number of benzene rings is 1. The summed E-state index contributed by atoms with van der Waals surface area (Å²) in [5.41, 5.74) is 1.62. The van der Waals surface area contributed by atoms with Crippen LogP contribution >= 0.6 is 11.3 Å². The van der Waals surface area contributed by atoms with Gasteiger partial charge in [-0.15, -0.1) is 10.2 Å². The standard InChI is InChI=1S/C15H18N4O3S2/c1-24(21,22)9-11-4-2-10(3-5-11)8-16-14(20)17-15-19-18-13(23-15)12-6-7-12/h2-5,12H,6-9H2,1H3,(H2,16,17,19,20). The molecule has 7 nitrogen and oxygen atoms in total. The van der Waals surface area contributed by atoms with E-state index in [0.717, 1.165) is 29.0 Å². The molecule has 128 valence electrons. The van der Waals surface area contributed by atoms with Gasteiger partial charge in [0.25, 0.3) is 0 Å². The van der Waals surface area contributed by atoms with Crippen LogP contribution in [0.25, 0.3) is 0 Å². The van der Waals surface area contributed by atoms with Gasteiger partial charge in [0.15, 0.2) is 9.84 Å². The van der Waals surface area contributed by atoms with Gasteiger partial charge in [-0.2, -0.15) is 0 Å². The van der Waals surface area contributed by atoms with E-state index >= 15 is 0 Å². The third-order valence-electron chi connectivity index (χ3n) is 3.49. The number of sulfone groups is 1. The number of hydrogen-bond donors (Lipinski definition) is 2. The second kappa shape index (κ2) is 6.86. The summed E-state index contributed by atoms with van der Waals surface area (Å²) in [5.74, 6) is 0.535. The van der Waals surface area contributed by atoms with Crippen molar-refractivity contribution < 1.29 is 13.2 Å². The minimum Gasteiger partial charge on any atom is -0.334 e. The fourth-order valence-electron chi connectivity index (χ4n) is 2.16. The monoisotopic (exact) mass is 366 g/mol. The first-order valence-electron chi connectivity index (χ1n) is 7.53. The Balaban J connectivity index is 1.48. The summed E-state index contributed by atoms with van der Waals surface area (Å²) in [7, 11) is -3.04. The number of hydrogen-bond acceptors (Lipinski definition) is 6. The number of aromatic nitrogens is 2. The fourth-order valence-corrected chi connectivity index (χ4v) is 3.87. The van der Waals surface area contributed by atoms with Crippen LogP contribution in [0.2, 0.25) is 0 Å². The van der Waals surface area contributed by atoms with Gasteiger partial charge in [0.1, 0.15) is 5.01 Å². The van der Waals surface area contributed by atoms with Gasteiger partial charge in [-0.3, -0.25) is 5.32 Å². The van der Waals surface area contributed by atoms with Crippen molar-refractivity contribution in [2.45, 2.75) is 31.1 Å². The van der Waals surface area contributed by atoms with Gasteiger partial charge in [-0.1, -0.05) is 35.6 Å². The van der Waals surface area contributed by atoms with Gasteiger partial charge in [-0.25, -0.2) is 13.2 Å². The molecule has 1 fully saturated rings. The largest absolute Gasteiger partial charge is 0.334 e. The highest BCUT2D eigenvalue weighted by Gasteiger charge is 2.27. The number of carbonyl (C=O) groups is 1. The molecule has 0 bridgehead atoms. The molecule has 0 unspecified atom stereocenters. The van der Waals surface area contributed by atoms with E-state index in [1.807, 2.05) is 0 Å². The van der Waals surface area contributed by atoms with E-state index in [1.165, 1.54) is 17.6 Å². The number of nitrogens with zero attached hydrogens (tertiary/aromatic N) is 2. The Kier molecular flexibility index (Phi) is 4.81. The van der Waals surface area contributed by atoms with Crippen LogP contribution in [-0.2, 0) is 22.1 Å². The molecule has 1 aromatic heterocycles. The van der Waals surface area contributed by atoms with E-state index in [0.29, 0.717) is 17.6 Å². The highest BCUT2D eigenvalue weighted by molar-refractivity contribution is 7.89. The third-order valence-corrected chi connectivity index (χ3v) is 5.35. The SMILES string of the molecule is CS(=O)(=O)Cc1ccc(CNC(=O)Nc2nnc(C3CC3)s2)cc1. The number of rotatable bonds is 6. The van der Waals surface area contributed by atoms with Gasteiger partial charge in [0.05, 0.1) is 5.75 Å². The number of urea groups is 1. The van der Waals surface area contributed by atoms with Crippen LogP contribution in [-0.4, -0.2) is 30.9 Å². The molecule has 9 heteroatoms. The van der Waals surface area contributed by atoms with Gasteiger partial charge < -0.3 is 5.32 Å². The number of carbonyl (C=O) groups excluding carboxylic acids is 1. The van der Waals surface area contributed by atoms with Crippen LogP contribution < -0.4 is 10.6 Å². The zero-order valence-electron chi connectivity index (χ0n) is 13.2. The van der Waals surface area contributed by atoms with E-state index in [-0.39, 0.29) is 11.8 Å². The minimum atomic E-state index is -3.04. The van der Waals surface area contributed by atoms with Crippen LogP contribution in [0.15, 0.2) is 24.3 Å². The molecular weight excluding hydrogens is 348 g/mol. The molecule has 2 N–H and O–H groups in total. The molecule has 0 saturated heterocycles. The van der Waals surface area contributed by atoms with Crippen molar-refractivity contribution in [3.8, 4) is 0 Å². The maximum atomic E-state index is 11.9. The predicted octanol–water partition coefficient (Wildman–Crippen LogP) is 2.28. The lowest BCUT2D eigenvalue weighted by atomic mass is 10.1. The summed E-state index contributed by atoms with van der Waals surface area (Å²) in [6.45, 7) is 0.347. The lowest BCUT2D eigenvalue weighted by molar-refractivity contribution is 0.251. The molecule has 0 aliphatic heterocycles. The molecule has 2 amide bonds. The molecule has 1 aromatic carbocycles. The van der Waals surface area contributed by atoms with Crippen molar-refractivity contribution in [1.82, 2.24) is 15.5 Å². The predicted molar refractivity (Wildman–Crippen MR) is 92.7 cm³/mol. The number of nitrogens with one attached hydrogen (secondary N) is 2. The Morgan fingerprint density at radius 3 is 2.50 bits per heavy atom. The normalized spacial score (nSPS) is 14.4. The molecule has 0 atom stereocenters. The summed E-state index contributed by atoms with van der Waals surface area (Å²) >= 11 is 1.41. The van der Waals surface area contributed by atoms with Crippen LogP contribution in [0.5, 0.6) is 0 Å². The zero-order valence-corrected chi connectivity index (χ0v) is 14.8. The van der Waals surface area contributed by atoms with E-state index in [9.17, 15) is 13.2 Å². The van der Waals surface area contributed by atoms with E-state index < -0.39 is 9.84 Å². The summed E-state index contributed by atoms with van der Waals surface area (Å²) < 4.78 is 22.5. The molecule has 1 saturated carbocycles. The Bertz CT molecular complexity index is 827. The Morgan fingerprint density at radius 2 is 1.88 bits per heavy atom. The molecule has 1 aliphatic carbocycles. The van der Waals surface area contributed by atoms with Crippen molar-refractivity contribution in [3.05, 3.63) is 40.4 Å². The molecule has 0 spiro atoms. The second-order valence-corrected chi connectivity index (χ2v) is 9.06. The Labute approximate surface area is 144 Å². The molecule has 1 aliphatic rings. The fraction of sp³-hybridized carbons (Fsp3) is 0.400.